The highest BCUT2D eigenvalue weighted by molar-refractivity contribution is 5.85. The van der Waals surface area contributed by atoms with Gasteiger partial charge in [-0.1, -0.05) is 6.42 Å². The molecule has 0 spiro atoms. The molecule has 2 aliphatic rings. The lowest BCUT2D eigenvalue weighted by molar-refractivity contribution is -0.134. The highest BCUT2D eigenvalue weighted by Crippen LogP contribution is 2.11. The molecule has 2 aliphatic heterocycles. The smallest absolute Gasteiger partial charge is 0.239 e. The second kappa shape index (κ2) is 7.09. The van der Waals surface area contributed by atoms with E-state index in [1.54, 1.807) is 0 Å². The van der Waals surface area contributed by atoms with E-state index in [1.165, 1.54) is 12.8 Å². The summed E-state index contributed by atoms with van der Waals surface area (Å²) in [4.78, 5) is 14.1. The first-order valence-electron chi connectivity index (χ1n) is 5.98. The monoisotopic (exact) mass is 248 g/mol. The van der Waals surface area contributed by atoms with Gasteiger partial charge in [0.05, 0.1) is 12.6 Å². The van der Waals surface area contributed by atoms with Gasteiger partial charge in [0, 0.05) is 19.7 Å². The lowest BCUT2D eigenvalue weighted by Gasteiger charge is -2.28. The van der Waals surface area contributed by atoms with Crippen LogP contribution in [0.2, 0.25) is 0 Å². The normalized spacial score (nSPS) is 26.8. The van der Waals surface area contributed by atoms with Crippen LogP contribution in [-0.4, -0.2) is 49.7 Å². The number of rotatable bonds is 1. The number of halogens is 1. The van der Waals surface area contributed by atoms with E-state index in [4.69, 9.17) is 4.74 Å². The van der Waals surface area contributed by atoms with E-state index in [9.17, 15) is 4.79 Å². The molecule has 1 amide bonds. The average molecular weight is 249 g/mol. The Morgan fingerprint density at radius 1 is 1.19 bits per heavy atom. The summed E-state index contributed by atoms with van der Waals surface area (Å²) in [6.45, 7) is 4.09. The first-order chi connectivity index (χ1) is 7.38. The number of carbonyl (C=O) groups is 1. The van der Waals surface area contributed by atoms with E-state index in [0.717, 1.165) is 39.1 Å². The molecule has 16 heavy (non-hydrogen) atoms. The second-order valence-corrected chi connectivity index (χ2v) is 4.29. The minimum absolute atomic E-state index is 0. The molecule has 0 aliphatic carbocycles. The van der Waals surface area contributed by atoms with Crippen molar-refractivity contribution in [1.29, 1.82) is 0 Å². The van der Waals surface area contributed by atoms with Crippen molar-refractivity contribution in [1.82, 2.24) is 10.2 Å². The third kappa shape index (κ3) is 3.61. The standard InChI is InChI=1S/C11H20N2O2.ClH/c14-11(10-4-1-2-5-12-10)13-6-3-8-15-9-7-13;/h10,12H,1-9H2;1H. The van der Waals surface area contributed by atoms with E-state index >= 15 is 0 Å². The van der Waals surface area contributed by atoms with Gasteiger partial charge in [-0.3, -0.25) is 4.79 Å². The lowest BCUT2D eigenvalue weighted by Crippen LogP contribution is -2.49. The molecule has 1 N–H and O–H groups in total. The van der Waals surface area contributed by atoms with Crippen LogP contribution in [0.5, 0.6) is 0 Å². The zero-order chi connectivity index (χ0) is 10.5. The largest absolute Gasteiger partial charge is 0.380 e. The third-order valence-electron chi connectivity index (χ3n) is 3.14. The molecule has 2 heterocycles. The minimum Gasteiger partial charge on any atom is -0.380 e. The quantitative estimate of drug-likeness (QED) is 0.747. The molecule has 0 aromatic carbocycles. The molecule has 2 rings (SSSR count). The molecule has 2 saturated heterocycles. The fraction of sp³-hybridized carbons (Fsp3) is 0.909. The zero-order valence-corrected chi connectivity index (χ0v) is 10.4. The third-order valence-corrected chi connectivity index (χ3v) is 3.14. The maximum absolute atomic E-state index is 12.1. The molecule has 0 aromatic rings. The first kappa shape index (κ1) is 13.7. The Labute approximate surface area is 103 Å². The molecular formula is C11H21ClN2O2. The molecular weight excluding hydrogens is 228 g/mol. The van der Waals surface area contributed by atoms with Crippen molar-refractivity contribution in [3.8, 4) is 0 Å². The van der Waals surface area contributed by atoms with Crippen molar-refractivity contribution in [3.63, 3.8) is 0 Å². The molecule has 1 unspecified atom stereocenters. The van der Waals surface area contributed by atoms with Gasteiger partial charge in [-0.2, -0.15) is 0 Å². The second-order valence-electron chi connectivity index (χ2n) is 4.29. The van der Waals surface area contributed by atoms with Crippen LogP contribution in [0, 0.1) is 0 Å². The van der Waals surface area contributed by atoms with Crippen molar-refractivity contribution in [3.05, 3.63) is 0 Å². The molecule has 0 saturated carbocycles. The Balaban J connectivity index is 0.00000128. The fourth-order valence-electron chi connectivity index (χ4n) is 2.25. The molecule has 4 nitrogen and oxygen atoms in total. The summed E-state index contributed by atoms with van der Waals surface area (Å²) in [7, 11) is 0. The van der Waals surface area contributed by atoms with Gasteiger partial charge < -0.3 is 15.0 Å². The number of ether oxygens (including phenoxy) is 1. The van der Waals surface area contributed by atoms with Crippen molar-refractivity contribution in [2.45, 2.75) is 31.7 Å². The van der Waals surface area contributed by atoms with Gasteiger partial charge in [0.25, 0.3) is 0 Å². The van der Waals surface area contributed by atoms with Crippen molar-refractivity contribution in [2.24, 2.45) is 0 Å². The van der Waals surface area contributed by atoms with Gasteiger partial charge in [-0.25, -0.2) is 0 Å². The van der Waals surface area contributed by atoms with Crippen molar-refractivity contribution < 1.29 is 9.53 Å². The van der Waals surface area contributed by atoms with Gasteiger partial charge in [-0.15, -0.1) is 12.4 Å². The number of hydrogen-bond acceptors (Lipinski definition) is 3. The molecule has 2 fully saturated rings. The van der Waals surface area contributed by atoms with Crippen LogP contribution in [0.1, 0.15) is 25.7 Å². The topological polar surface area (TPSA) is 41.6 Å². The zero-order valence-electron chi connectivity index (χ0n) is 9.61. The first-order valence-corrected chi connectivity index (χ1v) is 5.98. The highest BCUT2D eigenvalue weighted by Gasteiger charge is 2.25. The molecule has 0 bridgehead atoms. The van der Waals surface area contributed by atoms with E-state index in [1.807, 2.05) is 4.90 Å². The number of hydrogen-bond donors (Lipinski definition) is 1. The Bertz CT molecular complexity index is 212. The number of nitrogens with one attached hydrogen (secondary N) is 1. The van der Waals surface area contributed by atoms with Gasteiger partial charge >= 0.3 is 0 Å². The molecule has 0 radical (unpaired) electrons. The molecule has 0 aromatic heterocycles. The minimum atomic E-state index is 0. The van der Waals surface area contributed by atoms with Crippen LogP contribution in [-0.2, 0) is 9.53 Å². The molecule has 5 heteroatoms. The van der Waals surface area contributed by atoms with Crippen LogP contribution in [0.25, 0.3) is 0 Å². The Kier molecular flexibility index (Phi) is 6.09. The summed E-state index contributed by atoms with van der Waals surface area (Å²) in [5.41, 5.74) is 0. The molecule has 94 valence electrons. The number of nitrogens with zero attached hydrogens (tertiary/aromatic N) is 1. The van der Waals surface area contributed by atoms with Crippen LogP contribution >= 0.6 is 12.4 Å². The van der Waals surface area contributed by atoms with Gasteiger partial charge in [-0.05, 0) is 25.8 Å². The van der Waals surface area contributed by atoms with Crippen LogP contribution in [0.3, 0.4) is 0 Å². The SMILES string of the molecule is Cl.O=C(C1CCCCN1)N1CCCOCC1. The Hall–Kier alpha value is -0.320. The van der Waals surface area contributed by atoms with Crippen molar-refractivity contribution in [2.75, 3.05) is 32.8 Å². The van der Waals surface area contributed by atoms with Gasteiger partial charge in [0.2, 0.25) is 5.91 Å². The fourth-order valence-corrected chi connectivity index (χ4v) is 2.25. The summed E-state index contributed by atoms with van der Waals surface area (Å²) >= 11 is 0. The summed E-state index contributed by atoms with van der Waals surface area (Å²) in [5.74, 6) is 0.278. The average Bonchev–Trinajstić information content (AvgIpc) is 2.58. The maximum atomic E-state index is 12.1. The van der Waals surface area contributed by atoms with Crippen LogP contribution < -0.4 is 5.32 Å². The summed E-state index contributed by atoms with van der Waals surface area (Å²) in [6, 6.07) is 0.0665. The van der Waals surface area contributed by atoms with E-state index in [0.29, 0.717) is 6.61 Å². The number of carbonyl (C=O) groups excluding carboxylic acids is 1. The predicted molar refractivity (Wildman–Crippen MR) is 64.9 cm³/mol. The summed E-state index contributed by atoms with van der Waals surface area (Å²) in [5, 5.41) is 3.30. The lowest BCUT2D eigenvalue weighted by atomic mass is 10.0. The van der Waals surface area contributed by atoms with E-state index in [2.05, 4.69) is 5.32 Å². The van der Waals surface area contributed by atoms with Crippen LogP contribution in [0.15, 0.2) is 0 Å². The summed E-state index contributed by atoms with van der Waals surface area (Å²) < 4.78 is 5.35. The number of piperidine rings is 1. The van der Waals surface area contributed by atoms with Gasteiger partial charge in [0.15, 0.2) is 0 Å². The summed E-state index contributed by atoms with van der Waals surface area (Å²) in [6.07, 6.45) is 4.34. The molecule has 1 atom stereocenters. The predicted octanol–water partition coefficient (Wildman–Crippen LogP) is 0.799. The van der Waals surface area contributed by atoms with Crippen molar-refractivity contribution >= 4 is 18.3 Å². The Morgan fingerprint density at radius 2 is 2.06 bits per heavy atom. The number of amides is 1. The van der Waals surface area contributed by atoms with Crippen LogP contribution in [0.4, 0.5) is 0 Å². The Morgan fingerprint density at radius 3 is 2.81 bits per heavy atom. The van der Waals surface area contributed by atoms with E-state index < -0.39 is 0 Å². The highest BCUT2D eigenvalue weighted by atomic mass is 35.5. The maximum Gasteiger partial charge on any atom is 0.239 e. The van der Waals surface area contributed by atoms with E-state index in [-0.39, 0.29) is 24.4 Å². The van der Waals surface area contributed by atoms with Gasteiger partial charge in [0.1, 0.15) is 0 Å².